The lowest BCUT2D eigenvalue weighted by Crippen LogP contribution is -2.19. The first kappa shape index (κ1) is 13.7. The van der Waals surface area contributed by atoms with E-state index < -0.39 is 9.84 Å². The summed E-state index contributed by atoms with van der Waals surface area (Å²) >= 11 is 3.25. The van der Waals surface area contributed by atoms with E-state index in [1.165, 1.54) is 0 Å². The summed E-state index contributed by atoms with van der Waals surface area (Å²) in [4.78, 5) is 18.6. The Balaban J connectivity index is 2.42. The number of aromatic nitrogens is 2. The fourth-order valence-corrected chi connectivity index (χ4v) is 3.46. The van der Waals surface area contributed by atoms with Crippen LogP contribution in [0.1, 0.15) is 43.1 Å². The smallest absolute Gasteiger partial charge is 0.265 e. The number of nitrogens with zero attached hydrogens (tertiary/aromatic N) is 1. The highest BCUT2D eigenvalue weighted by Gasteiger charge is 2.23. The molecule has 18 heavy (non-hydrogen) atoms. The third kappa shape index (κ3) is 3.20. The van der Waals surface area contributed by atoms with Gasteiger partial charge in [0.1, 0.15) is 16.0 Å². The van der Waals surface area contributed by atoms with E-state index in [0.717, 1.165) is 31.9 Å². The van der Waals surface area contributed by atoms with Gasteiger partial charge in [0.15, 0.2) is 9.84 Å². The van der Waals surface area contributed by atoms with Crippen molar-refractivity contribution in [3.63, 3.8) is 0 Å². The number of nitrogens with one attached hydrogen (secondary N) is 1. The van der Waals surface area contributed by atoms with Gasteiger partial charge in [-0.2, -0.15) is 0 Å². The molecule has 0 bridgehead atoms. The van der Waals surface area contributed by atoms with Crippen LogP contribution in [0, 0.1) is 0 Å². The Bertz CT molecular complexity index is 603. The molecule has 1 aromatic heterocycles. The van der Waals surface area contributed by atoms with Gasteiger partial charge in [-0.3, -0.25) is 4.79 Å². The summed E-state index contributed by atoms with van der Waals surface area (Å²) in [6.45, 7) is 0. The summed E-state index contributed by atoms with van der Waals surface area (Å²) in [5.74, 6) is 0.266. The van der Waals surface area contributed by atoms with Crippen LogP contribution in [-0.2, 0) is 15.6 Å². The highest BCUT2D eigenvalue weighted by atomic mass is 79.9. The van der Waals surface area contributed by atoms with Crippen LogP contribution in [0.2, 0.25) is 0 Å². The van der Waals surface area contributed by atoms with Crippen LogP contribution in [0.3, 0.4) is 0 Å². The molecule has 0 radical (unpaired) electrons. The summed E-state index contributed by atoms with van der Waals surface area (Å²) in [6.07, 6.45) is 5.41. The number of halogens is 1. The predicted molar refractivity (Wildman–Crippen MR) is 72.3 cm³/mol. The lowest BCUT2D eigenvalue weighted by molar-refractivity contribution is 0.598. The molecule has 0 aromatic carbocycles. The maximum atomic E-state index is 11.8. The van der Waals surface area contributed by atoms with Crippen LogP contribution < -0.4 is 5.56 Å². The molecule has 1 heterocycles. The Hall–Kier alpha value is -0.690. The van der Waals surface area contributed by atoms with Crippen LogP contribution in [0.15, 0.2) is 9.27 Å². The monoisotopic (exact) mass is 334 g/mol. The molecule has 0 atom stereocenters. The third-order valence-electron chi connectivity index (χ3n) is 3.08. The lowest BCUT2D eigenvalue weighted by atomic mass is 10.0. The molecular formula is C11H15BrN2O3S. The maximum Gasteiger partial charge on any atom is 0.265 e. The molecule has 0 amide bonds. The second-order valence-corrected chi connectivity index (χ2v) is 7.70. The quantitative estimate of drug-likeness (QED) is 0.912. The predicted octanol–water partition coefficient (Wildman–Crippen LogP) is 1.73. The summed E-state index contributed by atoms with van der Waals surface area (Å²) in [5, 5.41) is 0. The fourth-order valence-electron chi connectivity index (χ4n) is 2.31. The number of rotatable bonds is 3. The standard InChI is InChI=1S/C11H15BrN2O3S/c1-18(16,17)6-8-13-10(7-4-2-3-5-7)9(12)11(15)14-8/h7H,2-6H2,1H3,(H,13,14,15). The third-order valence-corrected chi connectivity index (χ3v) is 4.64. The Labute approximate surface area is 114 Å². The Morgan fingerprint density at radius 3 is 2.56 bits per heavy atom. The van der Waals surface area contributed by atoms with Crippen LogP contribution >= 0.6 is 15.9 Å². The number of hydrogen-bond acceptors (Lipinski definition) is 4. The fraction of sp³-hybridized carbons (Fsp3) is 0.636. The second kappa shape index (κ2) is 5.13. The lowest BCUT2D eigenvalue weighted by Gasteiger charge is -2.11. The molecule has 1 N–H and O–H groups in total. The molecule has 0 saturated heterocycles. The highest BCUT2D eigenvalue weighted by Crippen LogP contribution is 2.35. The molecule has 1 aliphatic rings. The van der Waals surface area contributed by atoms with E-state index in [1.54, 1.807) is 0 Å². The SMILES string of the molecule is CS(=O)(=O)Cc1nc(C2CCCC2)c(Br)c(=O)[nH]1. The first-order chi connectivity index (χ1) is 8.37. The Morgan fingerprint density at radius 2 is 2.00 bits per heavy atom. The van der Waals surface area contributed by atoms with Crippen molar-refractivity contribution in [3.8, 4) is 0 Å². The van der Waals surface area contributed by atoms with E-state index in [4.69, 9.17) is 0 Å². The maximum absolute atomic E-state index is 11.8. The van der Waals surface area contributed by atoms with E-state index >= 15 is 0 Å². The first-order valence-corrected chi connectivity index (χ1v) is 8.68. The van der Waals surface area contributed by atoms with Crippen LogP contribution in [0.4, 0.5) is 0 Å². The van der Waals surface area contributed by atoms with Gasteiger partial charge in [0.25, 0.3) is 5.56 Å². The van der Waals surface area contributed by atoms with Gasteiger partial charge in [-0.25, -0.2) is 13.4 Å². The first-order valence-electron chi connectivity index (χ1n) is 5.83. The number of hydrogen-bond donors (Lipinski definition) is 1. The van der Waals surface area contributed by atoms with Crippen molar-refractivity contribution in [3.05, 3.63) is 26.3 Å². The molecule has 1 fully saturated rings. The van der Waals surface area contributed by atoms with Crippen LogP contribution in [-0.4, -0.2) is 24.6 Å². The van der Waals surface area contributed by atoms with Crippen molar-refractivity contribution in [2.45, 2.75) is 37.4 Å². The molecule has 100 valence electrons. The van der Waals surface area contributed by atoms with Crippen LogP contribution in [0.25, 0.3) is 0 Å². The van der Waals surface area contributed by atoms with E-state index in [-0.39, 0.29) is 23.1 Å². The Morgan fingerprint density at radius 1 is 1.39 bits per heavy atom. The molecule has 0 aliphatic heterocycles. The van der Waals surface area contributed by atoms with E-state index in [0.29, 0.717) is 10.2 Å². The van der Waals surface area contributed by atoms with Gasteiger partial charge in [0.2, 0.25) is 0 Å². The molecule has 0 unspecified atom stereocenters. The molecule has 7 heteroatoms. The minimum atomic E-state index is -3.20. The Kier molecular flexibility index (Phi) is 3.91. The van der Waals surface area contributed by atoms with E-state index in [9.17, 15) is 13.2 Å². The van der Waals surface area contributed by atoms with E-state index in [2.05, 4.69) is 25.9 Å². The van der Waals surface area contributed by atoms with Gasteiger partial charge in [0, 0.05) is 12.2 Å². The average molecular weight is 335 g/mol. The zero-order valence-corrected chi connectivity index (χ0v) is 12.5. The van der Waals surface area contributed by atoms with Crippen LogP contribution in [0.5, 0.6) is 0 Å². The summed E-state index contributed by atoms with van der Waals surface area (Å²) in [6, 6.07) is 0. The molecular weight excluding hydrogens is 320 g/mol. The highest BCUT2D eigenvalue weighted by molar-refractivity contribution is 9.10. The van der Waals surface area contributed by atoms with Crippen molar-refractivity contribution in [1.29, 1.82) is 0 Å². The van der Waals surface area contributed by atoms with Gasteiger partial charge in [-0.15, -0.1) is 0 Å². The van der Waals surface area contributed by atoms with Crippen molar-refractivity contribution < 1.29 is 8.42 Å². The van der Waals surface area contributed by atoms with Gasteiger partial charge >= 0.3 is 0 Å². The number of sulfone groups is 1. The molecule has 5 nitrogen and oxygen atoms in total. The van der Waals surface area contributed by atoms with Crippen molar-refractivity contribution >= 4 is 25.8 Å². The van der Waals surface area contributed by atoms with Crippen molar-refractivity contribution in [1.82, 2.24) is 9.97 Å². The summed E-state index contributed by atoms with van der Waals surface area (Å²) < 4.78 is 22.9. The molecule has 1 saturated carbocycles. The van der Waals surface area contributed by atoms with Gasteiger partial charge in [-0.05, 0) is 28.8 Å². The van der Waals surface area contributed by atoms with E-state index in [1.807, 2.05) is 0 Å². The normalized spacial score (nSPS) is 17.2. The zero-order valence-electron chi connectivity index (χ0n) is 10.1. The molecule has 0 spiro atoms. The number of H-pyrrole nitrogens is 1. The molecule has 1 aliphatic carbocycles. The van der Waals surface area contributed by atoms with Crippen molar-refractivity contribution in [2.75, 3.05) is 6.26 Å². The van der Waals surface area contributed by atoms with Gasteiger partial charge in [-0.1, -0.05) is 12.8 Å². The second-order valence-electron chi connectivity index (χ2n) is 4.76. The average Bonchev–Trinajstić information content (AvgIpc) is 2.74. The zero-order chi connectivity index (χ0) is 13.3. The summed E-state index contributed by atoms with van der Waals surface area (Å²) in [5.41, 5.74) is 0.403. The van der Waals surface area contributed by atoms with Gasteiger partial charge < -0.3 is 4.98 Å². The topological polar surface area (TPSA) is 79.9 Å². The minimum Gasteiger partial charge on any atom is -0.309 e. The van der Waals surface area contributed by atoms with Crippen molar-refractivity contribution in [2.24, 2.45) is 0 Å². The summed E-state index contributed by atoms with van der Waals surface area (Å²) in [7, 11) is -3.20. The minimum absolute atomic E-state index is 0.227. The largest absolute Gasteiger partial charge is 0.309 e. The molecule has 1 aromatic rings. The van der Waals surface area contributed by atoms with Gasteiger partial charge in [0.05, 0.1) is 5.69 Å². The molecule has 2 rings (SSSR count). The number of aromatic amines is 1.